The third-order valence-corrected chi connectivity index (χ3v) is 2.88. The normalized spacial score (nSPS) is 11.5. The van der Waals surface area contributed by atoms with E-state index in [-0.39, 0.29) is 54.0 Å². The Morgan fingerprint density at radius 2 is 1.75 bits per heavy atom. The Morgan fingerprint density at radius 3 is 2.25 bits per heavy atom. The monoisotopic (exact) mass is 454 g/mol. The fourth-order valence-corrected chi connectivity index (χ4v) is 1.92. The number of nitrogens with one attached hydrogen (secondary N) is 3. The molecular formula is C16H25F2IN4O. The summed E-state index contributed by atoms with van der Waals surface area (Å²) in [6.45, 7) is 6.02. The Labute approximate surface area is 158 Å². The van der Waals surface area contributed by atoms with Crippen molar-refractivity contribution in [1.29, 1.82) is 0 Å². The molecule has 3 N–H and O–H groups in total. The van der Waals surface area contributed by atoms with Crippen LogP contribution in [0.3, 0.4) is 0 Å². The van der Waals surface area contributed by atoms with Gasteiger partial charge in [-0.05, 0) is 39.3 Å². The molecule has 5 nitrogen and oxygen atoms in total. The first kappa shape index (κ1) is 22.6. The molecule has 0 aliphatic carbocycles. The average Bonchev–Trinajstić information content (AvgIpc) is 2.43. The standard InChI is InChI=1S/C16H24F2N4O.HI/c1-16(2,3)22-14(23)10-21-15(19-4)20-9-8-11-12(17)6-5-7-13(11)18;/h5-7H,8-10H2,1-4H3,(H,22,23)(H2,19,20,21);1H. The summed E-state index contributed by atoms with van der Waals surface area (Å²) in [5, 5.41) is 8.57. The molecule has 0 bridgehead atoms. The minimum atomic E-state index is -0.570. The molecule has 0 aliphatic rings. The fourth-order valence-electron chi connectivity index (χ4n) is 1.92. The highest BCUT2D eigenvalue weighted by atomic mass is 127. The van der Waals surface area contributed by atoms with Crippen LogP contribution >= 0.6 is 24.0 Å². The van der Waals surface area contributed by atoms with Crippen LogP contribution in [0.1, 0.15) is 26.3 Å². The Morgan fingerprint density at radius 1 is 1.17 bits per heavy atom. The van der Waals surface area contributed by atoms with E-state index in [1.54, 1.807) is 7.05 Å². The lowest BCUT2D eigenvalue weighted by molar-refractivity contribution is -0.121. The van der Waals surface area contributed by atoms with Crippen LogP contribution in [0.5, 0.6) is 0 Å². The molecule has 0 radical (unpaired) electrons. The van der Waals surface area contributed by atoms with E-state index in [2.05, 4.69) is 20.9 Å². The molecule has 0 spiro atoms. The molecule has 0 atom stereocenters. The summed E-state index contributed by atoms with van der Waals surface area (Å²) in [6, 6.07) is 3.78. The average molecular weight is 454 g/mol. The topological polar surface area (TPSA) is 65.5 Å². The highest BCUT2D eigenvalue weighted by Crippen LogP contribution is 2.11. The van der Waals surface area contributed by atoms with E-state index in [0.29, 0.717) is 12.5 Å². The van der Waals surface area contributed by atoms with Gasteiger partial charge >= 0.3 is 0 Å². The molecule has 1 amide bonds. The van der Waals surface area contributed by atoms with Gasteiger partial charge in [0.25, 0.3) is 0 Å². The Balaban J connectivity index is 0.00000529. The van der Waals surface area contributed by atoms with Crippen LogP contribution < -0.4 is 16.0 Å². The lowest BCUT2D eigenvalue weighted by Crippen LogP contribution is -2.48. The van der Waals surface area contributed by atoms with Crippen molar-refractivity contribution in [2.75, 3.05) is 20.1 Å². The molecule has 8 heteroatoms. The van der Waals surface area contributed by atoms with Gasteiger partial charge in [0.1, 0.15) is 11.6 Å². The summed E-state index contributed by atoms with van der Waals surface area (Å²) in [5.41, 5.74) is -0.279. The maximum Gasteiger partial charge on any atom is 0.239 e. The van der Waals surface area contributed by atoms with Gasteiger partial charge in [-0.2, -0.15) is 0 Å². The zero-order chi connectivity index (χ0) is 17.5. The van der Waals surface area contributed by atoms with Gasteiger partial charge in [-0.15, -0.1) is 24.0 Å². The molecule has 24 heavy (non-hydrogen) atoms. The second kappa shape index (κ2) is 10.4. The summed E-state index contributed by atoms with van der Waals surface area (Å²) in [5.74, 6) is -0.912. The predicted molar refractivity (Wildman–Crippen MR) is 103 cm³/mol. The molecule has 0 fully saturated rings. The molecule has 0 saturated carbocycles. The summed E-state index contributed by atoms with van der Waals surface area (Å²) < 4.78 is 27.0. The van der Waals surface area contributed by atoms with Gasteiger partial charge in [-0.25, -0.2) is 8.78 Å². The van der Waals surface area contributed by atoms with Crippen molar-refractivity contribution in [3.63, 3.8) is 0 Å². The van der Waals surface area contributed by atoms with Crippen molar-refractivity contribution in [2.45, 2.75) is 32.7 Å². The summed E-state index contributed by atoms with van der Waals surface area (Å²) in [6.07, 6.45) is 0.174. The highest BCUT2D eigenvalue weighted by molar-refractivity contribution is 14.0. The van der Waals surface area contributed by atoms with Crippen LogP contribution in [0.15, 0.2) is 23.2 Å². The maximum absolute atomic E-state index is 13.5. The van der Waals surface area contributed by atoms with Crippen molar-refractivity contribution in [3.8, 4) is 0 Å². The molecule has 0 heterocycles. The number of guanidine groups is 1. The number of nitrogens with zero attached hydrogens (tertiary/aromatic N) is 1. The van der Waals surface area contributed by atoms with E-state index < -0.39 is 11.6 Å². The van der Waals surface area contributed by atoms with Crippen molar-refractivity contribution < 1.29 is 13.6 Å². The zero-order valence-electron chi connectivity index (χ0n) is 14.4. The molecule has 0 unspecified atom stereocenters. The van der Waals surface area contributed by atoms with Crippen LogP contribution in [0.25, 0.3) is 0 Å². The molecular weight excluding hydrogens is 429 g/mol. The SMILES string of the molecule is CN=C(NCCc1c(F)cccc1F)NCC(=O)NC(C)(C)C.I. The van der Waals surface area contributed by atoms with Crippen molar-refractivity contribution in [3.05, 3.63) is 35.4 Å². The minimum absolute atomic E-state index is 0. The number of amides is 1. The molecule has 0 aromatic heterocycles. The van der Waals surface area contributed by atoms with E-state index in [0.717, 1.165) is 0 Å². The van der Waals surface area contributed by atoms with Gasteiger partial charge in [0.15, 0.2) is 5.96 Å². The smallest absolute Gasteiger partial charge is 0.239 e. The van der Waals surface area contributed by atoms with Crippen LogP contribution in [-0.4, -0.2) is 37.5 Å². The van der Waals surface area contributed by atoms with Crippen molar-refractivity contribution >= 4 is 35.8 Å². The van der Waals surface area contributed by atoms with Crippen molar-refractivity contribution in [1.82, 2.24) is 16.0 Å². The predicted octanol–water partition coefficient (Wildman–Crippen LogP) is 2.21. The van der Waals surface area contributed by atoms with Crippen LogP contribution in [0, 0.1) is 11.6 Å². The molecule has 1 rings (SSSR count). The lowest BCUT2D eigenvalue weighted by atomic mass is 10.1. The number of benzene rings is 1. The van der Waals surface area contributed by atoms with Crippen molar-refractivity contribution in [2.24, 2.45) is 4.99 Å². The Kier molecular flexibility index (Phi) is 9.79. The second-order valence-corrected chi connectivity index (χ2v) is 6.10. The largest absolute Gasteiger partial charge is 0.356 e. The van der Waals surface area contributed by atoms with Gasteiger partial charge in [-0.3, -0.25) is 9.79 Å². The van der Waals surface area contributed by atoms with E-state index in [9.17, 15) is 13.6 Å². The number of carbonyl (C=O) groups excluding carboxylic acids is 1. The summed E-state index contributed by atoms with van der Waals surface area (Å²) >= 11 is 0. The first-order valence-corrected chi connectivity index (χ1v) is 7.41. The number of hydrogen-bond acceptors (Lipinski definition) is 2. The summed E-state index contributed by atoms with van der Waals surface area (Å²) in [7, 11) is 1.56. The number of halogens is 3. The van der Waals surface area contributed by atoms with Gasteiger partial charge in [0, 0.05) is 24.7 Å². The number of aliphatic imine (C=N–C) groups is 1. The number of carbonyl (C=O) groups is 1. The van der Waals surface area contributed by atoms with Gasteiger partial charge in [0.2, 0.25) is 5.91 Å². The van der Waals surface area contributed by atoms with Crippen LogP contribution in [-0.2, 0) is 11.2 Å². The number of hydrogen-bond donors (Lipinski definition) is 3. The van der Waals surface area contributed by atoms with E-state index >= 15 is 0 Å². The molecule has 0 saturated heterocycles. The van der Waals surface area contributed by atoms with E-state index in [4.69, 9.17) is 0 Å². The van der Waals surface area contributed by atoms with Crippen LogP contribution in [0.4, 0.5) is 8.78 Å². The maximum atomic E-state index is 13.5. The molecule has 136 valence electrons. The van der Waals surface area contributed by atoms with Gasteiger partial charge < -0.3 is 16.0 Å². The fraction of sp³-hybridized carbons (Fsp3) is 0.500. The Hall–Kier alpha value is -1.45. The van der Waals surface area contributed by atoms with E-state index in [1.165, 1.54) is 18.2 Å². The highest BCUT2D eigenvalue weighted by Gasteiger charge is 2.14. The third kappa shape index (κ3) is 8.42. The first-order chi connectivity index (χ1) is 10.7. The van der Waals surface area contributed by atoms with Crippen LogP contribution in [0.2, 0.25) is 0 Å². The molecule has 1 aromatic rings. The zero-order valence-corrected chi connectivity index (χ0v) is 16.7. The number of rotatable bonds is 5. The minimum Gasteiger partial charge on any atom is -0.356 e. The molecule has 1 aromatic carbocycles. The second-order valence-electron chi connectivity index (χ2n) is 6.10. The van der Waals surface area contributed by atoms with E-state index in [1.807, 2.05) is 20.8 Å². The van der Waals surface area contributed by atoms with Gasteiger partial charge in [-0.1, -0.05) is 6.07 Å². The third-order valence-electron chi connectivity index (χ3n) is 2.88. The first-order valence-electron chi connectivity index (χ1n) is 7.41. The summed E-state index contributed by atoms with van der Waals surface area (Å²) in [4.78, 5) is 15.7. The molecule has 0 aliphatic heterocycles. The lowest BCUT2D eigenvalue weighted by Gasteiger charge is -2.21. The Bertz CT molecular complexity index is 553. The quantitative estimate of drug-likeness (QED) is 0.363. The van der Waals surface area contributed by atoms with Gasteiger partial charge in [0.05, 0.1) is 6.54 Å².